The van der Waals surface area contributed by atoms with Crippen LogP contribution in [0.15, 0.2) is 5.38 Å². The summed E-state index contributed by atoms with van der Waals surface area (Å²) in [6, 6.07) is 0. The van der Waals surface area contributed by atoms with E-state index < -0.39 is 0 Å². The molecule has 0 aliphatic heterocycles. The summed E-state index contributed by atoms with van der Waals surface area (Å²) in [6.45, 7) is 0. The molecule has 0 amide bonds. The molecule has 38 valence electrons. The standard InChI is InChI=1S/C3HClINS/c4-3-6-2(5)1-7-3/h1H. The van der Waals surface area contributed by atoms with Crippen LogP contribution in [0, 0.1) is 3.70 Å². The fraction of sp³-hybridized carbons (Fsp3) is 0. The van der Waals surface area contributed by atoms with Crippen LogP contribution in [0.5, 0.6) is 0 Å². The van der Waals surface area contributed by atoms with E-state index in [1.807, 2.05) is 5.38 Å². The van der Waals surface area contributed by atoms with Crippen LogP contribution in [-0.4, -0.2) is 4.98 Å². The Labute approximate surface area is 63.9 Å². The summed E-state index contributed by atoms with van der Waals surface area (Å²) in [4.78, 5) is 3.88. The van der Waals surface area contributed by atoms with E-state index in [4.69, 9.17) is 11.6 Å². The molecule has 0 atom stereocenters. The average molecular weight is 245 g/mol. The Balaban J connectivity index is 3.04. The number of aromatic nitrogens is 1. The Hall–Kier alpha value is 0.650. The highest BCUT2D eigenvalue weighted by atomic mass is 127. The molecule has 0 saturated carbocycles. The zero-order valence-corrected chi connectivity index (χ0v) is 6.92. The van der Waals surface area contributed by atoms with Gasteiger partial charge in [0, 0.05) is 5.38 Å². The van der Waals surface area contributed by atoms with Gasteiger partial charge in [0.2, 0.25) is 0 Å². The monoisotopic (exact) mass is 245 g/mol. The molecule has 1 heterocycles. The molecule has 0 N–H and O–H groups in total. The summed E-state index contributed by atoms with van der Waals surface area (Å²) in [5.74, 6) is 0. The Morgan fingerprint density at radius 2 is 2.57 bits per heavy atom. The van der Waals surface area contributed by atoms with Crippen molar-refractivity contribution in [1.82, 2.24) is 4.98 Å². The van der Waals surface area contributed by atoms with Crippen LogP contribution in [0.3, 0.4) is 0 Å². The van der Waals surface area contributed by atoms with Gasteiger partial charge < -0.3 is 0 Å². The number of thiazole rings is 1. The quantitative estimate of drug-likeness (QED) is 0.640. The van der Waals surface area contributed by atoms with Gasteiger partial charge in [-0.25, -0.2) is 4.98 Å². The lowest BCUT2D eigenvalue weighted by Crippen LogP contribution is -1.61. The van der Waals surface area contributed by atoms with Gasteiger partial charge in [-0.1, -0.05) is 11.6 Å². The average Bonchev–Trinajstić information content (AvgIpc) is 1.87. The molecule has 0 aromatic carbocycles. The van der Waals surface area contributed by atoms with Crippen molar-refractivity contribution >= 4 is 45.5 Å². The van der Waals surface area contributed by atoms with E-state index in [1.54, 1.807) is 0 Å². The molecular formula is C3HClINS. The van der Waals surface area contributed by atoms with Crippen molar-refractivity contribution < 1.29 is 0 Å². The van der Waals surface area contributed by atoms with Gasteiger partial charge in [-0.15, -0.1) is 11.3 Å². The van der Waals surface area contributed by atoms with Gasteiger partial charge in [0.15, 0.2) is 4.47 Å². The third kappa shape index (κ3) is 1.54. The molecule has 0 radical (unpaired) electrons. The normalized spacial score (nSPS) is 9.43. The molecule has 0 aliphatic rings. The molecule has 0 fully saturated rings. The fourth-order valence-corrected chi connectivity index (χ4v) is 1.79. The Morgan fingerprint density at radius 3 is 2.71 bits per heavy atom. The van der Waals surface area contributed by atoms with E-state index in [2.05, 4.69) is 27.6 Å². The van der Waals surface area contributed by atoms with Crippen LogP contribution < -0.4 is 0 Å². The third-order valence-corrected chi connectivity index (χ3v) is 2.40. The van der Waals surface area contributed by atoms with Gasteiger partial charge in [0.25, 0.3) is 0 Å². The van der Waals surface area contributed by atoms with Crippen molar-refractivity contribution in [2.24, 2.45) is 0 Å². The predicted octanol–water partition coefficient (Wildman–Crippen LogP) is 2.40. The highest BCUT2D eigenvalue weighted by molar-refractivity contribution is 14.1. The van der Waals surface area contributed by atoms with E-state index in [0.29, 0.717) is 4.47 Å². The first-order valence-electron chi connectivity index (χ1n) is 1.55. The van der Waals surface area contributed by atoms with Gasteiger partial charge >= 0.3 is 0 Å². The number of nitrogens with zero attached hydrogens (tertiary/aromatic N) is 1. The highest BCUT2D eigenvalue weighted by Gasteiger charge is 1.90. The second-order valence-corrected chi connectivity index (χ2v) is 3.47. The lowest BCUT2D eigenvalue weighted by Gasteiger charge is -1.66. The minimum absolute atomic E-state index is 0.615. The van der Waals surface area contributed by atoms with E-state index in [-0.39, 0.29) is 0 Å². The largest absolute Gasteiger partial charge is 0.219 e. The van der Waals surface area contributed by atoms with Crippen LogP contribution >= 0.6 is 45.5 Å². The molecule has 1 rings (SSSR count). The molecule has 4 heteroatoms. The van der Waals surface area contributed by atoms with Crippen LogP contribution in [0.25, 0.3) is 0 Å². The number of halogens is 2. The molecule has 0 spiro atoms. The van der Waals surface area contributed by atoms with Gasteiger partial charge in [-0.3, -0.25) is 0 Å². The van der Waals surface area contributed by atoms with Gasteiger partial charge in [0.1, 0.15) is 3.70 Å². The molecule has 0 bridgehead atoms. The Morgan fingerprint density at radius 1 is 1.86 bits per heavy atom. The second kappa shape index (κ2) is 2.28. The van der Waals surface area contributed by atoms with Crippen molar-refractivity contribution in [1.29, 1.82) is 0 Å². The molecule has 0 unspecified atom stereocenters. The second-order valence-electron chi connectivity index (χ2n) is 0.923. The number of hydrogen-bond acceptors (Lipinski definition) is 2. The van der Waals surface area contributed by atoms with Gasteiger partial charge in [-0.05, 0) is 22.6 Å². The lowest BCUT2D eigenvalue weighted by atomic mass is 11.0. The zero-order valence-electron chi connectivity index (χ0n) is 3.19. The first kappa shape index (κ1) is 5.78. The molecule has 1 aromatic heterocycles. The van der Waals surface area contributed by atoms with Crippen molar-refractivity contribution in [2.45, 2.75) is 0 Å². The SMILES string of the molecule is Clc1nc(I)cs1. The summed E-state index contributed by atoms with van der Waals surface area (Å²) < 4.78 is 1.58. The summed E-state index contributed by atoms with van der Waals surface area (Å²) in [5, 5.41) is 1.91. The maximum atomic E-state index is 5.46. The first-order chi connectivity index (χ1) is 3.29. The van der Waals surface area contributed by atoms with Crippen molar-refractivity contribution in [3.05, 3.63) is 13.5 Å². The maximum absolute atomic E-state index is 5.46. The number of rotatable bonds is 0. The molecule has 0 saturated heterocycles. The minimum Gasteiger partial charge on any atom is -0.219 e. The number of hydrogen-bond donors (Lipinski definition) is 0. The molecule has 1 nitrogen and oxygen atoms in total. The summed E-state index contributed by atoms with van der Waals surface area (Å²) in [7, 11) is 0. The third-order valence-electron chi connectivity index (χ3n) is 0.448. The van der Waals surface area contributed by atoms with Crippen molar-refractivity contribution in [3.63, 3.8) is 0 Å². The molecule has 0 aliphatic carbocycles. The zero-order chi connectivity index (χ0) is 5.28. The Kier molecular flexibility index (Phi) is 1.88. The predicted molar refractivity (Wildman–Crippen MR) is 39.8 cm³/mol. The minimum atomic E-state index is 0.615. The molecule has 1 aromatic rings. The topological polar surface area (TPSA) is 12.9 Å². The Bertz CT molecular complexity index is 147. The van der Waals surface area contributed by atoms with Crippen LogP contribution in [0.1, 0.15) is 0 Å². The highest BCUT2D eigenvalue weighted by Crippen LogP contribution is 2.15. The van der Waals surface area contributed by atoms with Gasteiger partial charge in [0.05, 0.1) is 0 Å². The van der Waals surface area contributed by atoms with Crippen molar-refractivity contribution in [2.75, 3.05) is 0 Å². The summed E-state index contributed by atoms with van der Waals surface area (Å²) in [5.41, 5.74) is 0. The maximum Gasteiger partial charge on any atom is 0.184 e. The van der Waals surface area contributed by atoms with E-state index in [0.717, 1.165) is 3.70 Å². The fourth-order valence-electron chi connectivity index (χ4n) is 0.234. The lowest BCUT2D eigenvalue weighted by molar-refractivity contribution is 1.36. The van der Waals surface area contributed by atoms with Crippen LogP contribution in [0.4, 0.5) is 0 Å². The van der Waals surface area contributed by atoms with E-state index in [1.165, 1.54) is 11.3 Å². The van der Waals surface area contributed by atoms with Crippen LogP contribution in [0.2, 0.25) is 4.47 Å². The van der Waals surface area contributed by atoms with E-state index >= 15 is 0 Å². The van der Waals surface area contributed by atoms with Crippen molar-refractivity contribution in [3.8, 4) is 0 Å². The van der Waals surface area contributed by atoms with Gasteiger partial charge in [-0.2, -0.15) is 0 Å². The summed E-state index contributed by atoms with van der Waals surface area (Å²) in [6.07, 6.45) is 0. The smallest absolute Gasteiger partial charge is 0.184 e. The first-order valence-corrected chi connectivity index (χ1v) is 3.89. The molecular weight excluding hydrogens is 244 g/mol. The van der Waals surface area contributed by atoms with E-state index in [9.17, 15) is 0 Å². The molecule has 7 heavy (non-hydrogen) atoms. The van der Waals surface area contributed by atoms with Crippen LogP contribution in [-0.2, 0) is 0 Å². The summed E-state index contributed by atoms with van der Waals surface area (Å²) >= 11 is 9.03.